The number of carbonyl (C=O) groups is 1. The average molecular weight is 417 g/mol. The minimum atomic E-state index is -0.951. The minimum absolute atomic E-state index is 0.0511. The Morgan fingerprint density at radius 3 is 2.48 bits per heavy atom. The van der Waals surface area contributed by atoms with Gasteiger partial charge in [0.15, 0.2) is 11.5 Å². The lowest BCUT2D eigenvalue weighted by atomic mass is 9.85. The van der Waals surface area contributed by atoms with Gasteiger partial charge in [0.2, 0.25) is 0 Å². The fourth-order valence-electron chi connectivity index (χ4n) is 4.66. The summed E-state index contributed by atoms with van der Waals surface area (Å²) in [7, 11) is 1.50. The van der Waals surface area contributed by atoms with Crippen LogP contribution in [-0.4, -0.2) is 23.3 Å². The van der Waals surface area contributed by atoms with E-state index in [1.807, 2.05) is 54.6 Å². The Bertz CT molecular complexity index is 1110. The second-order valence-electron chi connectivity index (χ2n) is 8.26. The van der Waals surface area contributed by atoms with Crippen molar-refractivity contribution in [2.75, 3.05) is 7.11 Å². The Morgan fingerprint density at radius 1 is 1.06 bits per heavy atom. The first-order chi connectivity index (χ1) is 15.1. The lowest BCUT2D eigenvalue weighted by Crippen LogP contribution is -2.08. The molecule has 0 aromatic heterocycles. The molecule has 160 valence electrons. The molecule has 0 radical (unpaired) electrons. The summed E-state index contributed by atoms with van der Waals surface area (Å²) in [6.07, 6.45) is 8.06. The molecule has 0 atom stereocenters. The fourth-order valence-corrected chi connectivity index (χ4v) is 4.66. The number of carboxylic acids is 1. The summed E-state index contributed by atoms with van der Waals surface area (Å²) >= 11 is 0. The molecular formula is C27H28O4. The number of phenolic OH excluding ortho intramolecular Hbond substituents is 1. The van der Waals surface area contributed by atoms with E-state index in [4.69, 9.17) is 4.74 Å². The number of allylic oxidation sites excluding steroid dienone is 1. The smallest absolute Gasteiger partial charge is 0.336 e. The molecule has 0 unspecified atom stereocenters. The van der Waals surface area contributed by atoms with Crippen LogP contribution >= 0.6 is 0 Å². The molecule has 0 heterocycles. The summed E-state index contributed by atoms with van der Waals surface area (Å²) in [5, 5.41) is 22.4. The third-order valence-corrected chi connectivity index (χ3v) is 6.22. The second-order valence-corrected chi connectivity index (χ2v) is 8.26. The van der Waals surface area contributed by atoms with Gasteiger partial charge in [0, 0.05) is 10.9 Å². The van der Waals surface area contributed by atoms with Gasteiger partial charge in [-0.15, -0.1) is 0 Å². The predicted octanol–water partition coefficient (Wildman–Crippen LogP) is 6.19. The summed E-state index contributed by atoms with van der Waals surface area (Å²) in [6, 6.07) is 17.5. The monoisotopic (exact) mass is 416 g/mol. The first-order valence-electron chi connectivity index (χ1n) is 10.9. The van der Waals surface area contributed by atoms with Gasteiger partial charge in [0.25, 0.3) is 0 Å². The van der Waals surface area contributed by atoms with Crippen LogP contribution in [0.2, 0.25) is 0 Å². The maximum Gasteiger partial charge on any atom is 0.336 e. The molecule has 2 N–H and O–H groups in total. The molecule has 3 aromatic rings. The third kappa shape index (κ3) is 4.43. The summed E-state index contributed by atoms with van der Waals surface area (Å²) in [4.78, 5) is 12.3. The summed E-state index contributed by atoms with van der Waals surface area (Å²) in [5.41, 5.74) is 2.93. The Morgan fingerprint density at radius 2 is 1.81 bits per heavy atom. The molecule has 3 aromatic carbocycles. The van der Waals surface area contributed by atoms with Gasteiger partial charge in [-0.1, -0.05) is 73.9 Å². The number of benzene rings is 3. The first kappa shape index (κ1) is 21.0. The van der Waals surface area contributed by atoms with Crippen molar-refractivity contribution >= 4 is 22.3 Å². The molecular weight excluding hydrogens is 388 g/mol. The molecule has 1 fully saturated rings. The van der Waals surface area contributed by atoms with E-state index in [1.54, 1.807) is 6.07 Å². The number of methoxy groups -OCH3 is 1. The molecule has 4 heteroatoms. The van der Waals surface area contributed by atoms with E-state index in [1.165, 1.54) is 13.5 Å². The Labute approximate surface area is 182 Å². The summed E-state index contributed by atoms with van der Waals surface area (Å²) in [6.45, 7) is 0. The highest BCUT2D eigenvalue weighted by Gasteiger charge is 2.22. The van der Waals surface area contributed by atoms with Crippen molar-refractivity contribution in [1.29, 1.82) is 0 Å². The number of hydrogen-bond acceptors (Lipinski definition) is 3. The molecule has 4 nitrogen and oxygen atoms in total. The van der Waals surface area contributed by atoms with Gasteiger partial charge < -0.3 is 14.9 Å². The van der Waals surface area contributed by atoms with Crippen LogP contribution in [0.25, 0.3) is 16.3 Å². The van der Waals surface area contributed by atoms with Gasteiger partial charge in [-0.05, 0) is 47.8 Å². The zero-order valence-electron chi connectivity index (χ0n) is 17.8. The quantitative estimate of drug-likeness (QED) is 0.470. The fraction of sp³-hybridized carbons (Fsp3) is 0.296. The molecule has 0 bridgehead atoms. The number of phenols is 1. The predicted molar refractivity (Wildman–Crippen MR) is 124 cm³/mol. The van der Waals surface area contributed by atoms with E-state index in [2.05, 4.69) is 0 Å². The van der Waals surface area contributed by atoms with Crippen molar-refractivity contribution in [3.05, 3.63) is 77.4 Å². The molecule has 1 aliphatic carbocycles. The summed E-state index contributed by atoms with van der Waals surface area (Å²) in [5.74, 6) is -0.343. The molecule has 0 saturated heterocycles. The van der Waals surface area contributed by atoms with Gasteiger partial charge in [-0.2, -0.15) is 0 Å². The van der Waals surface area contributed by atoms with Gasteiger partial charge in [-0.3, -0.25) is 0 Å². The van der Waals surface area contributed by atoms with Crippen LogP contribution < -0.4 is 4.74 Å². The number of carboxylic acid groups (broad SMARTS) is 1. The molecule has 4 rings (SSSR count). The van der Waals surface area contributed by atoms with Crippen molar-refractivity contribution in [3.8, 4) is 11.5 Å². The normalized spacial score (nSPS) is 15.2. The van der Waals surface area contributed by atoms with Crippen LogP contribution in [0, 0.1) is 5.92 Å². The van der Waals surface area contributed by atoms with Crippen LogP contribution in [0.1, 0.15) is 48.8 Å². The van der Waals surface area contributed by atoms with Crippen molar-refractivity contribution in [2.24, 2.45) is 5.92 Å². The molecule has 31 heavy (non-hydrogen) atoms. The van der Waals surface area contributed by atoms with Crippen LogP contribution in [0.4, 0.5) is 0 Å². The van der Waals surface area contributed by atoms with Crippen molar-refractivity contribution in [2.45, 2.75) is 38.5 Å². The van der Waals surface area contributed by atoms with Crippen LogP contribution in [-0.2, 0) is 11.2 Å². The highest BCUT2D eigenvalue weighted by molar-refractivity contribution is 6.20. The van der Waals surface area contributed by atoms with Crippen molar-refractivity contribution in [1.82, 2.24) is 0 Å². The first-order valence-corrected chi connectivity index (χ1v) is 10.9. The standard InChI is InChI=1S/C27H28O4/c1-31-24-17-22(23(27(29)30)16-19-11-6-3-7-12-19)21-14-8-13-20(25(21)26(24)28)15-18-9-4-2-5-10-18/h2,4-5,8-10,13-14,16-17,19,28H,3,6-7,11-12,15H2,1H3,(H,29,30)/b23-16-. The molecule has 1 aliphatic rings. The summed E-state index contributed by atoms with van der Waals surface area (Å²) < 4.78 is 5.45. The van der Waals surface area contributed by atoms with Gasteiger partial charge in [-0.25, -0.2) is 4.79 Å². The third-order valence-electron chi connectivity index (χ3n) is 6.22. The number of hydrogen-bond donors (Lipinski definition) is 2. The molecule has 0 spiro atoms. The topological polar surface area (TPSA) is 66.8 Å². The minimum Gasteiger partial charge on any atom is -0.504 e. The lowest BCUT2D eigenvalue weighted by Gasteiger charge is -2.20. The van der Waals surface area contributed by atoms with E-state index >= 15 is 0 Å². The number of ether oxygens (including phenoxy) is 1. The van der Waals surface area contributed by atoms with Crippen LogP contribution in [0.15, 0.2) is 60.7 Å². The Balaban J connectivity index is 1.90. The van der Waals surface area contributed by atoms with Gasteiger partial charge in [0.1, 0.15) is 0 Å². The zero-order valence-corrected chi connectivity index (χ0v) is 17.8. The second kappa shape index (κ2) is 9.25. The molecule has 0 amide bonds. The molecule has 1 saturated carbocycles. The highest BCUT2D eigenvalue weighted by Crippen LogP contribution is 2.42. The highest BCUT2D eigenvalue weighted by atomic mass is 16.5. The van der Waals surface area contributed by atoms with E-state index in [-0.39, 0.29) is 17.2 Å². The SMILES string of the molecule is COc1cc(/C(=C/C2CCCCC2)C(=O)O)c2cccc(Cc3ccccc3)c2c1O. The number of aromatic hydroxyl groups is 1. The number of rotatable bonds is 6. The number of fused-ring (bicyclic) bond motifs is 1. The lowest BCUT2D eigenvalue weighted by molar-refractivity contribution is -0.130. The van der Waals surface area contributed by atoms with Gasteiger partial charge >= 0.3 is 5.97 Å². The maximum absolute atomic E-state index is 12.3. The maximum atomic E-state index is 12.3. The molecule has 0 aliphatic heterocycles. The van der Waals surface area contributed by atoms with Crippen LogP contribution in [0.3, 0.4) is 0 Å². The zero-order chi connectivity index (χ0) is 21.8. The van der Waals surface area contributed by atoms with E-state index in [0.29, 0.717) is 23.1 Å². The Hall–Kier alpha value is -3.27. The average Bonchev–Trinajstić information content (AvgIpc) is 2.79. The Kier molecular flexibility index (Phi) is 6.26. The van der Waals surface area contributed by atoms with Gasteiger partial charge in [0.05, 0.1) is 12.7 Å². The van der Waals surface area contributed by atoms with E-state index < -0.39 is 5.97 Å². The van der Waals surface area contributed by atoms with Crippen molar-refractivity contribution < 1.29 is 19.7 Å². The van der Waals surface area contributed by atoms with E-state index in [0.717, 1.165) is 42.2 Å². The largest absolute Gasteiger partial charge is 0.504 e. The van der Waals surface area contributed by atoms with Crippen LogP contribution in [0.5, 0.6) is 11.5 Å². The number of aliphatic carboxylic acids is 1. The van der Waals surface area contributed by atoms with E-state index in [9.17, 15) is 15.0 Å². The van der Waals surface area contributed by atoms with Crippen molar-refractivity contribution in [3.63, 3.8) is 0 Å².